The van der Waals surface area contributed by atoms with Gasteiger partial charge in [0.05, 0.1) is 5.69 Å². The van der Waals surface area contributed by atoms with E-state index in [1.807, 2.05) is 66.8 Å². The number of carbonyl (C=O) groups is 1. The van der Waals surface area contributed by atoms with Crippen LogP contribution in [0.4, 0.5) is 11.4 Å². The van der Waals surface area contributed by atoms with Crippen LogP contribution < -0.4 is 15.8 Å². The van der Waals surface area contributed by atoms with Crippen molar-refractivity contribution in [2.45, 2.75) is 0 Å². The molecule has 0 spiro atoms. The molecule has 0 radical (unpaired) electrons. The van der Waals surface area contributed by atoms with Gasteiger partial charge in [-0.05, 0) is 29.8 Å². The first-order chi connectivity index (χ1) is 13.5. The van der Waals surface area contributed by atoms with Gasteiger partial charge in [-0.15, -0.1) is 11.3 Å². The third-order valence-corrected chi connectivity index (χ3v) is 5.24. The minimum atomic E-state index is -0.477. The van der Waals surface area contributed by atoms with E-state index in [0.29, 0.717) is 10.6 Å². The lowest BCUT2D eigenvalue weighted by Crippen LogP contribution is -2.26. The molecular weight excluding hydrogens is 372 g/mol. The molecule has 0 atom stereocenters. The van der Waals surface area contributed by atoms with Crippen LogP contribution in [-0.2, 0) is 0 Å². The fraction of sp³-hybridized carbons (Fsp3) is 0.0952. The SMILES string of the molecule is CN(C)c1ccc(NC(=O)c2cnc3scc(-c4ccccc4)n3c2=O)cc1. The van der Waals surface area contributed by atoms with Crippen LogP contribution in [0.5, 0.6) is 0 Å². The van der Waals surface area contributed by atoms with Crippen molar-refractivity contribution in [3.8, 4) is 11.3 Å². The predicted octanol–water partition coefficient (Wildman–Crippen LogP) is 3.74. The Morgan fingerprint density at radius 2 is 1.79 bits per heavy atom. The van der Waals surface area contributed by atoms with Crippen LogP contribution in [0.3, 0.4) is 0 Å². The lowest BCUT2D eigenvalue weighted by Gasteiger charge is -2.13. The van der Waals surface area contributed by atoms with Crippen LogP contribution >= 0.6 is 11.3 Å². The number of rotatable bonds is 4. The second-order valence-corrected chi connectivity index (χ2v) is 7.31. The summed E-state index contributed by atoms with van der Waals surface area (Å²) in [6, 6.07) is 17.0. The molecule has 2 heterocycles. The van der Waals surface area contributed by atoms with Gasteiger partial charge in [0.25, 0.3) is 11.5 Å². The molecule has 28 heavy (non-hydrogen) atoms. The summed E-state index contributed by atoms with van der Waals surface area (Å²) in [6.07, 6.45) is 1.34. The highest BCUT2D eigenvalue weighted by molar-refractivity contribution is 7.15. The second kappa shape index (κ2) is 7.28. The van der Waals surface area contributed by atoms with Gasteiger partial charge in [-0.1, -0.05) is 30.3 Å². The number of nitrogens with one attached hydrogen (secondary N) is 1. The number of aromatic nitrogens is 2. The maximum atomic E-state index is 13.0. The molecule has 2 aromatic heterocycles. The maximum Gasteiger partial charge on any atom is 0.271 e. The molecule has 7 heteroatoms. The third kappa shape index (κ3) is 3.27. The summed E-state index contributed by atoms with van der Waals surface area (Å²) in [7, 11) is 3.89. The normalized spacial score (nSPS) is 10.8. The molecule has 0 unspecified atom stereocenters. The van der Waals surface area contributed by atoms with E-state index in [9.17, 15) is 9.59 Å². The Morgan fingerprint density at radius 1 is 1.07 bits per heavy atom. The van der Waals surface area contributed by atoms with Gasteiger partial charge in [0.1, 0.15) is 5.56 Å². The minimum absolute atomic E-state index is 0.00441. The summed E-state index contributed by atoms with van der Waals surface area (Å²) in [4.78, 5) is 32.5. The van der Waals surface area contributed by atoms with Crippen molar-refractivity contribution in [1.82, 2.24) is 9.38 Å². The third-order valence-electron chi connectivity index (χ3n) is 4.40. The lowest BCUT2D eigenvalue weighted by molar-refractivity contribution is 0.102. The number of benzene rings is 2. The highest BCUT2D eigenvalue weighted by Crippen LogP contribution is 2.23. The molecule has 4 aromatic rings. The van der Waals surface area contributed by atoms with Crippen LogP contribution in [0.25, 0.3) is 16.2 Å². The first-order valence-corrected chi connectivity index (χ1v) is 9.56. The standard InChI is InChI=1S/C21H18N4O2S/c1-24(2)16-10-8-15(9-11-16)23-19(26)17-12-22-21-25(20(17)27)18(13-28-21)14-6-4-3-5-7-14/h3-13H,1-2H3,(H,23,26). The number of fused-ring (bicyclic) bond motifs is 1. The molecule has 0 saturated carbocycles. The van der Waals surface area contributed by atoms with Crippen LogP contribution in [0, 0.1) is 0 Å². The average Bonchev–Trinajstić information content (AvgIpc) is 3.14. The zero-order valence-corrected chi connectivity index (χ0v) is 16.2. The van der Waals surface area contributed by atoms with E-state index >= 15 is 0 Å². The highest BCUT2D eigenvalue weighted by Gasteiger charge is 2.17. The van der Waals surface area contributed by atoms with Crippen molar-refractivity contribution >= 4 is 33.6 Å². The Morgan fingerprint density at radius 3 is 2.46 bits per heavy atom. The summed E-state index contributed by atoms with van der Waals surface area (Å²) in [5.74, 6) is -0.477. The van der Waals surface area contributed by atoms with Gasteiger partial charge in [0.15, 0.2) is 4.96 Å². The summed E-state index contributed by atoms with van der Waals surface area (Å²) in [5, 5.41) is 4.65. The number of hydrogen-bond donors (Lipinski definition) is 1. The number of anilines is 2. The van der Waals surface area contributed by atoms with Gasteiger partial charge in [-0.2, -0.15) is 0 Å². The topological polar surface area (TPSA) is 66.7 Å². The predicted molar refractivity (Wildman–Crippen MR) is 113 cm³/mol. The molecule has 0 fully saturated rings. The van der Waals surface area contributed by atoms with Crippen molar-refractivity contribution in [2.75, 3.05) is 24.3 Å². The fourth-order valence-corrected chi connectivity index (χ4v) is 3.76. The molecule has 1 N–H and O–H groups in total. The summed E-state index contributed by atoms with van der Waals surface area (Å²) >= 11 is 1.37. The van der Waals surface area contributed by atoms with Crippen molar-refractivity contribution in [3.63, 3.8) is 0 Å². The van der Waals surface area contributed by atoms with E-state index in [4.69, 9.17) is 0 Å². The van der Waals surface area contributed by atoms with E-state index in [2.05, 4.69) is 10.3 Å². The molecule has 0 aliphatic carbocycles. The molecule has 0 aliphatic heterocycles. The van der Waals surface area contributed by atoms with Gasteiger partial charge in [-0.3, -0.25) is 14.0 Å². The fourth-order valence-electron chi connectivity index (χ4n) is 2.90. The van der Waals surface area contributed by atoms with Crippen LogP contribution in [0.15, 0.2) is 71.0 Å². The van der Waals surface area contributed by atoms with Crippen molar-refractivity contribution < 1.29 is 4.79 Å². The molecule has 0 saturated heterocycles. The Balaban J connectivity index is 1.70. The molecule has 6 nitrogen and oxygen atoms in total. The molecule has 140 valence electrons. The van der Waals surface area contributed by atoms with E-state index < -0.39 is 5.91 Å². The van der Waals surface area contributed by atoms with Crippen LogP contribution in [0.2, 0.25) is 0 Å². The summed E-state index contributed by atoms with van der Waals surface area (Å²) < 4.78 is 1.49. The van der Waals surface area contributed by atoms with Gasteiger partial charge in [0, 0.05) is 37.0 Å². The molecule has 0 aliphatic rings. The Kier molecular flexibility index (Phi) is 4.67. The number of amides is 1. The van der Waals surface area contributed by atoms with Gasteiger partial charge < -0.3 is 10.2 Å². The maximum absolute atomic E-state index is 13.0. The van der Waals surface area contributed by atoms with Gasteiger partial charge in [-0.25, -0.2) is 4.98 Å². The number of carbonyl (C=O) groups excluding carboxylic acids is 1. The molecule has 0 bridgehead atoms. The first kappa shape index (κ1) is 17.9. The van der Waals surface area contributed by atoms with E-state index in [1.165, 1.54) is 21.9 Å². The molecule has 4 rings (SSSR count). The summed E-state index contributed by atoms with van der Waals surface area (Å²) in [5.41, 5.74) is 2.88. The Labute approximate surface area is 165 Å². The van der Waals surface area contributed by atoms with E-state index in [1.54, 1.807) is 12.1 Å². The minimum Gasteiger partial charge on any atom is -0.378 e. The molecule has 2 aromatic carbocycles. The van der Waals surface area contributed by atoms with Gasteiger partial charge >= 0.3 is 0 Å². The van der Waals surface area contributed by atoms with Gasteiger partial charge in [0.2, 0.25) is 0 Å². The van der Waals surface area contributed by atoms with Crippen molar-refractivity contribution in [3.05, 3.63) is 82.1 Å². The highest BCUT2D eigenvalue weighted by atomic mass is 32.1. The zero-order valence-electron chi connectivity index (χ0n) is 15.4. The largest absolute Gasteiger partial charge is 0.378 e. The van der Waals surface area contributed by atoms with Crippen LogP contribution in [-0.4, -0.2) is 29.4 Å². The summed E-state index contributed by atoms with van der Waals surface area (Å²) in [6.45, 7) is 0. The van der Waals surface area contributed by atoms with Crippen molar-refractivity contribution in [1.29, 1.82) is 0 Å². The first-order valence-electron chi connectivity index (χ1n) is 8.68. The second-order valence-electron chi connectivity index (χ2n) is 6.48. The van der Waals surface area contributed by atoms with Crippen LogP contribution in [0.1, 0.15) is 10.4 Å². The number of nitrogens with zero attached hydrogens (tertiary/aromatic N) is 3. The molecule has 1 amide bonds. The quantitative estimate of drug-likeness (QED) is 0.576. The Hall–Kier alpha value is -3.45. The zero-order chi connectivity index (χ0) is 19.7. The Bertz CT molecular complexity index is 1190. The van der Waals surface area contributed by atoms with E-state index in [0.717, 1.165) is 16.9 Å². The number of hydrogen-bond acceptors (Lipinski definition) is 5. The lowest BCUT2D eigenvalue weighted by atomic mass is 10.2. The van der Waals surface area contributed by atoms with E-state index in [-0.39, 0.29) is 11.1 Å². The van der Waals surface area contributed by atoms with Crippen molar-refractivity contribution in [2.24, 2.45) is 0 Å². The molecular formula is C21H18N4O2S. The smallest absolute Gasteiger partial charge is 0.271 e. The number of thiazole rings is 1. The monoisotopic (exact) mass is 390 g/mol. The average molecular weight is 390 g/mol.